The van der Waals surface area contributed by atoms with Gasteiger partial charge in [-0.15, -0.1) is 0 Å². The molecule has 0 spiro atoms. The first-order valence-corrected chi connectivity index (χ1v) is 5.40. The number of amides is 1. The minimum Gasteiger partial charge on any atom is -0.482 e. The van der Waals surface area contributed by atoms with Gasteiger partial charge in [0.15, 0.2) is 6.61 Å². The Morgan fingerprint density at radius 2 is 2.11 bits per heavy atom. The summed E-state index contributed by atoms with van der Waals surface area (Å²) >= 11 is 0. The number of hydrogen-bond acceptors (Lipinski definition) is 5. The Hall–Kier alpha value is -2.08. The Morgan fingerprint density at radius 1 is 1.33 bits per heavy atom. The van der Waals surface area contributed by atoms with E-state index in [0.29, 0.717) is 11.4 Å². The zero-order valence-corrected chi connectivity index (χ0v) is 10.4. The fourth-order valence-electron chi connectivity index (χ4n) is 1.23. The van der Waals surface area contributed by atoms with Gasteiger partial charge in [0, 0.05) is 11.8 Å². The summed E-state index contributed by atoms with van der Waals surface area (Å²) < 4.78 is 9.66. The zero-order valence-electron chi connectivity index (χ0n) is 10.4. The monoisotopic (exact) mass is 252 g/mol. The van der Waals surface area contributed by atoms with Gasteiger partial charge in [0.1, 0.15) is 5.75 Å². The molecule has 0 aromatic heterocycles. The Balaban J connectivity index is 2.56. The second-order valence-corrected chi connectivity index (χ2v) is 3.47. The van der Waals surface area contributed by atoms with Crippen molar-refractivity contribution in [1.29, 1.82) is 0 Å². The van der Waals surface area contributed by atoms with E-state index in [4.69, 9.17) is 4.74 Å². The average molecular weight is 252 g/mol. The number of carbonyl (C=O) groups is 2. The first-order chi connectivity index (χ1) is 8.65. The Morgan fingerprint density at radius 3 is 2.78 bits per heavy atom. The molecule has 1 rings (SSSR count). The molecule has 0 saturated carbocycles. The molecule has 0 fully saturated rings. The van der Waals surface area contributed by atoms with Gasteiger partial charge in [0.25, 0.3) is 0 Å². The van der Waals surface area contributed by atoms with Crippen molar-refractivity contribution in [3.63, 3.8) is 0 Å². The standard InChI is InChI=1S/C12H16N2O4/c1-13-7-11(15)14-9-4-3-5-10(6-9)18-8-12(16)17-2/h3-6,13H,7-8H2,1-2H3,(H,14,15). The number of likely N-dealkylation sites (N-methyl/N-ethyl adjacent to an activating group) is 1. The molecular weight excluding hydrogens is 236 g/mol. The van der Waals surface area contributed by atoms with Gasteiger partial charge in [-0.05, 0) is 19.2 Å². The molecule has 0 aliphatic rings. The summed E-state index contributed by atoms with van der Waals surface area (Å²) in [6, 6.07) is 6.79. The number of esters is 1. The second-order valence-electron chi connectivity index (χ2n) is 3.47. The van der Waals surface area contributed by atoms with Crippen LogP contribution in [0, 0.1) is 0 Å². The summed E-state index contributed by atoms with van der Waals surface area (Å²) in [4.78, 5) is 22.3. The first-order valence-electron chi connectivity index (χ1n) is 5.40. The van der Waals surface area contributed by atoms with Crippen LogP contribution >= 0.6 is 0 Å². The maximum absolute atomic E-state index is 11.3. The van der Waals surface area contributed by atoms with E-state index in [9.17, 15) is 9.59 Å². The van der Waals surface area contributed by atoms with Gasteiger partial charge in [-0.3, -0.25) is 4.79 Å². The molecule has 0 unspecified atom stereocenters. The van der Waals surface area contributed by atoms with E-state index >= 15 is 0 Å². The van der Waals surface area contributed by atoms with E-state index in [-0.39, 0.29) is 19.1 Å². The van der Waals surface area contributed by atoms with E-state index in [1.165, 1.54) is 7.11 Å². The zero-order chi connectivity index (χ0) is 13.4. The minimum atomic E-state index is -0.459. The van der Waals surface area contributed by atoms with Gasteiger partial charge in [-0.1, -0.05) is 6.07 Å². The molecule has 0 saturated heterocycles. The van der Waals surface area contributed by atoms with Gasteiger partial charge < -0.3 is 20.1 Å². The number of rotatable bonds is 6. The smallest absolute Gasteiger partial charge is 0.343 e. The molecular formula is C12H16N2O4. The van der Waals surface area contributed by atoms with Crippen molar-refractivity contribution in [2.45, 2.75) is 0 Å². The van der Waals surface area contributed by atoms with Crippen molar-refractivity contribution in [3.8, 4) is 5.75 Å². The predicted octanol–water partition coefficient (Wildman–Crippen LogP) is 0.396. The van der Waals surface area contributed by atoms with Crippen LogP contribution in [0.4, 0.5) is 5.69 Å². The summed E-state index contributed by atoms with van der Waals surface area (Å²) in [5.74, 6) is -0.120. The van der Waals surface area contributed by atoms with Crippen molar-refractivity contribution in [2.75, 3.05) is 32.6 Å². The molecule has 0 aliphatic heterocycles. The van der Waals surface area contributed by atoms with Crippen molar-refractivity contribution in [2.24, 2.45) is 0 Å². The quantitative estimate of drug-likeness (QED) is 0.716. The van der Waals surface area contributed by atoms with Crippen molar-refractivity contribution in [3.05, 3.63) is 24.3 Å². The number of benzene rings is 1. The highest BCUT2D eigenvalue weighted by Gasteiger charge is 2.04. The van der Waals surface area contributed by atoms with Gasteiger partial charge in [-0.2, -0.15) is 0 Å². The third kappa shape index (κ3) is 4.84. The van der Waals surface area contributed by atoms with E-state index in [1.54, 1.807) is 31.3 Å². The second kappa shape index (κ2) is 7.29. The molecule has 1 aromatic carbocycles. The lowest BCUT2D eigenvalue weighted by Gasteiger charge is -2.08. The highest BCUT2D eigenvalue weighted by Crippen LogP contribution is 2.17. The number of hydrogen-bond donors (Lipinski definition) is 2. The molecule has 0 radical (unpaired) electrons. The van der Waals surface area contributed by atoms with Crippen LogP contribution in [0.25, 0.3) is 0 Å². The maximum Gasteiger partial charge on any atom is 0.343 e. The van der Waals surface area contributed by atoms with Gasteiger partial charge >= 0.3 is 5.97 Å². The van der Waals surface area contributed by atoms with Gasteiger partial charge in [0.05, 0.1) is 13.7 Å². The molecule has 1 amide bonds. The van der Waals surface area contributed by atoms with Crippen LogP contribution < -0.4 is 15.4 Å². The summed E-state index contributed by atoms with van der Waals surface area (Å²) in [7, 11) is 2.98. The maximum atomic E-state index is 11.3. The molecule has 98 valence electrons. The van der Waals surface area contributed by atoms with Gasteiger partial charge in [-0.25, -0.2) is 4.79 Å². The summed E-state index contributed by atoms with van der Waals surface area (Å²) in [6.45, 7) is 0.0671. The molecule has 0 bridgehead atoms. The Labute approximate surface area is 105 Å². The van der Waals surface area contributed by atoms with Crippen molar-refractivity contribution >= 4 is 17.6 Å². The number of methoxy groups -OCH3 is 1. The van der Waals surface area contributed by atoms with Gasteiger partial charge in [0.2, 0.25) is 5.91 Å². The van der Waals surface area contributed by atoms with Crippen LogP contribution in [-0.4, -0.2) is 39.2 Å². The third-order valence-electron chi connectivity index (χ3n) is 2.04. The van der Waals surface area contributed by atoms with Crippen LogP contribution in [0.15, 0.2) is 24.3 Å². The number of nitrogens with one attached hydrogen (secondary N) is 2. The lowest BCUT2D eigenvalue weighted by molar-refractivity contribution is -0.142. The number of anilines is 1. The summed E-state index contributed by atoms with van der Waals surface area (Å²) in [6.07, 6.45) is 0. The fraction of sp³-hybridized carbons (Fsp3) is 0.333. The number of ether oxygens (including phenoxy) is 2. The molecule has 0 aliphatic carbocycles. The molecule has 18 heavy (non-hydrogen) atoms. The molecule has 6 heteroatoms. The van der Waals surface area contributed by atoms with E-state index in [0.717, 1.165) is 0 Å². The average Bonchev–Trinajstić information content (AvgIpc) is 2.36. The topological polar surface area (TPSA) is 76.7 Å². The van der Waals surface area contributed by atoms with Crippen LogP contribution in [0.2, 0.25) is 0 Å². The molecule has 6 nitrogen and oxygen atoms in total. The van der Waals surface area contributed by atoms with Crippen molar-refractivity contribution in [1.82, 2.24) is 5.32 Å². The normalized spacial score (nSPS) is 9.67. The van der Waals surface area contributed by atoms with E-state index < -0.39 is 5.97 Å². The minimum absolute atomic E-state index is 0.150. The summed E-state index contributed by atoms with van der Waals surface area (Å²) in [5.41, 5.74) is 0.609. The van der Waals surface area contributed by atoms with E-state index in [2.05, 4.69) is 15.4 Å². The van der Waals surface area contributed by atoms with E-state index in [1.807, 2.05) is 0 Å². The van der Waals surface area contributed by atoms with Crippen LogP contribution in [-0.2, 0) is 14.3 Å². The highest BCUT2D eigenvalue weighted by molar-refractivity contribution is 5.92. The van der Waals surface area contributed by atoms with Crippen LogP contribution in [0.5, 0.6) is 5.75 Å². The molecule has 0 atom stereocenters. The van der Waals surface area contributed by atoms with Crippen molar-refractivity contribution < 1.29 is 19.1 Å². The highest BCUT2D eigenvalue weighted by atomic mass is 16.6. The Kier molecular flexibility index (Phi) is 5.66. The number of carbonyl (C=O) groups excluding carboxylic acids is 2. The molecule has 1 aromatic rings. The largest absolute Gasteiger partial charge is 0.482 e. The summed E-state index contributed by atoms with van der Waals surface area (Å²) in [5, 5.41) is 5.43. The third-order valence-corrected chi connectivity index (χ3v) is 2.04. The predicted molar refractivity (Wildman–Crippen MR) is 66.5 cm³/mol. The Bertz CT molecular complexity index is 420. The lowest BCUT2D eigenvalue weighted by atomic mass is 10.3. The lowest BCUT2D eigenvalue weighted by Crippen LogP contribution is -2.25. The van der Waals surface area contributed by atoms with Crippen LogP contribution in [0.1, 0.15) is 0 Å². The first kappa shape index (κ1) is 14.0. The molecule has 0 heterocycles. The SMILES string of the molecule is CNCC(=O)Nc1cccc(OCC(=O)OC)c1. The van der Waals surface area contributed by atoms with Crippen LogP contribution in [0.3, 0.4) is 0 Å². The fourth-order valence-corrected chi connectivity index (χ4v) is 1.23. The molecule has 2 N–H and O–H groups in total.